The first-order valence-corrected chi connectivity index (χ1v) is 7.02. The first kappa shape index (κ1) is 14.0. The van der Waals surface area contributed by atoms with Crippen molar-refractivity contribution < 1.29 is 22.2 Å². The van der Waals surface area contributed by atoms with Gasteiger partial charge in [-0.05, 0) is 0 Å². The van der Waals surface area contributed by atoms with Gasteiger partial charge in [-0.2, -0.15) is 18.7 Å². The van der Waals surface area contributed by atoms with Crippen molar-refractivity contribution >= 4 is 22.5 Å². The number of allylic oxidation sites excluding steroid dienone is 1. The van der Waals surface area contributed by atoms with E-state index in [1.807, 2.05) is 0 Å². The molecule has 2 rings (SSSR count). The van der Waals surface area contributed by atoms with Crippen LogP contribution >= 0.6 is 11.3 Å². The molecule has 1 unspecified atom stereocenters. The molecule has 10 heteroatoms. The zero-order valence-corrected chi connectivity index (χ0v) is 10.8. The van der Waals surface area contributed by atoms with Gasteiger partial charge < -0.3 is 9.08 Å². The normalized spacial score (nSPS) is 12.4. The van der Waals surface area contributed by atoms with Crippen LogP contribution in [0.5, 0.6) is 0 Å². The number of rotatable bonds is 5. The maximum atomic E-state index is 12.6. The molecular formula is C9H6F3N3O2S2. The van der Waals surface area contributed by atoms with Gasteiger partial charge in [0.2, 0.25) is 12.2 Å². The number of aromatic nitrogens is 3. The zero-order chi connectivity index (χ0) is 13.8. The van der Waals surface area contributed by atoms with Gasteiger partial charge in [-0.3, -0.25) is 0 Å². The van der Waals surface area contributed by atoms with Crippen LogP contribution in [0.2, 0.25) is 0 Å². The molecule has 0 amide bonds. The van der Waals surface area contributed by atoms with Crippen molar-refractivity contribution in [1.29, 1.82) is 0 Å². The van der Waals surface area contributed by atoms with E-state index in [9.17, 15) is 17.7 Å². The molecule has 0 fully saturated rings. The zero-order valence-electron chi connectivity index (χ0n) is 9.18. The van der Waals surface area contributed by atoms with Crippen LogP contribution in [0.1, 0.15) is 6.42 Å². The topological polar surface area (TPSA) is 74.9 Å². The Morgan fingerprint density at radius 3 is 2.79 bits per heavy atom. The summed E-state index contributed by atoms with van der Waals surface area (Å²) in [4.78, 5) is 8.18. The van der Waals surface area contributed by atoms with E-state index < -0.39 is 29.5 Å². The lowest BCUT2D eigenvalue weighted by molar-refractivity contribution is 0.373. The van der Waals surface area contributed by atoms with Crippen LogP contribution in [0.25, 0.3) is 10.7 Å². The van der Waals surface area contributed by atoms with Crippen LogP contribution in [0.4, 0.5) is 13.2 Å². The molecule has 0 spiro atoms. The first-order chi connectivity index (χ1) is 9.08. The van der Waals surface area contributed by atoms with Crippen LogP contribution < -0.4 is 0 Å². The van der Waals surface area contributed by atoms with Crippen molar-refractivity contribution in [3.8, 4) is 10.7 Å². The van der Waals surface area contributed by atoms with Crippen LogP contribution in [0.15, 0.2) is 33.4 Å². The molecule has 0 aliphatic heterocycles. The highest BCUT2D eigenvalue weighted by Crippen LogP contribution is 2.27. The lowest BCUT2D eigenvalue weighted by Crippen LogP contribution is -2.06. The second-order valence-electron chi connectivity index (χ2n) is 3.21. The van der Waals surface area contributed by atoms with Gasteiger partial charge >= 0.3 is 10.4 Å². The molecule has 0 N–H and O–H groups in total. The van der Waals surface area contributed by atoms with E-state index in [2.05, 4.69) is 19.6 Å². The summed E-state index contributed by atoms with van der Waals surface area (Å²) in [7, 11) is 0. The molecule has 0 aromatic carbocycles. The van der Waals surface area contributed by atoms with Gasteiger partial charge in [0.15, 0.2) is 5.83 Å². The Kier molecular flexibility index (Phi) is 4.56. The van der Waals surface area contributed by atoms with Gasteiger partial charge in [-0.1, -0.05) is 16.5 Å². The molecule has 2 heterocycles. The smallest absolute Gasteiger partial charge is 0.302 e. The fraction of sp³-hybridized carbons (Fsp3) is 0.222. The van der Waals surface area contributed by atoms with E-state index in [4.69, 9.17) is 0 Å². The Balaban J connectivity index is 2.01. The Hall–Kier alpha value is -1.39. The van der Waals surface area contributed by atoms with E-state index in [0.29, 0.717) is 10.7 Å². The summed E-state index contributed by atoms with van der Waals surface area (Å²) in [5.74, 6) is -1.52. The molecule has 0 radical (unpaired) electrons. The summed E-state index contributed by atoms with van der Waals surface area (Å²) in [5, 5.41) is 3.58. The Morgan fingerprint density at radius 1 is 1.37 bits per heavy atom. The molecule has 0 saturated heterocycles. The average Bonchev–Trinajstić information content (AvgIpc) is 3.04. The van der Waals surface area contributed by atoms with Crippen molar-refractivity contribution in [2.24, 2.45) is 0 Å². The summed E-state index contributed by atoms with van der Waals surface area (Å²) in [5.41, 5.74) is 0. The minimum absolute atomic E-state index is 0.201. The third kappa shape index (κ3) is 3.55. The van der Waals surface area contributed by atoms with E-state index in [1.54, 1.807) is 0 Å². The Bertz CT molecular complexity index is 569. The highest BCUT2D eigenvalue weighted by Gasteiger charge is 2.20. The highest BCUT2D eigenvalue weighted by atomic mass is 32.2. The fourth-order valence-corrected chi connectivity index (χ4v) is 3.29. The molecule has 5 nitrogen and oxygen atoms in total. The highest BCUT2D eigenvalue weighted by molar-refractivity contribution is 7.93. The Morgan fingerprint density at radius 2 is 2.16 bits per heavy atom. The summed E-state index contributed by atoms with van der Waals surface area (Å²) in [6, 6.07) is 0. The van der Waals surface area contributed by atoms with E-state index in [0.717, 1.165) is 17.7 Å². The van der Waals surface area contributed by atoms with Crippen LogP contribution in [0.3, 0.4) is 0 Å². The number of nitrogens with zero attached hydrogens (tertiary/aromatic N) is 3. The van der Waals surface area contributed by atoms with Crippen molar-refractivity contribution in [3.63, 3.8) is 0 Å². The SMILES string of the molecule is [O-][S+](CCC(F)=C(F)F)c1ncc(-c2ncon2)s1. The molecule has 1 atom stereocenters. The molecule has 2 aromatic heterocycles. The predicted octanol–water partition coefficient (Wildman–Crippen LogP) is 2.77. The lowest BCUT2D eigenvalue weighted by Gasteiger charge is -2.04. The van der Waals surface area contributed by atoms with Crippen molar-refractivity contribution in [3.05, 3.63) is 24.5 Å². The van der Waals surface area contributed by atoms with Gasteiger partial charge in [-0.15, -0.1) is 0 Å². The fourth-order valence-electron chi connectivity index (χ4n) is 1.11. The summed E-state index contributed by atoms with van der Waals surface area (Å²) in [6.45, 7) is 0. The second kappa shape index (κ2) is 6.17. The number of thiazole rings is 1. The van der Waals surface area contributed by atoms with Crippen LogP contribution in [-0.4, -0.2) is 25.4 Å². The summed E-state index contributed by atoms with van der Waals surface area (Å²) >= 11 is -0.611. The van der Waals surface area contributed by atoms with Gasteiger partial charge in [-0.25, -0.2) is 4.39 Å². The van der Waals surface area contributed by atoms with Gasteiger partial charge in [0, 0.05) is 11.2 Å². The molecule has 0 aliphatic rings. The minimum atomic E-state index is -2.39. The molecule has 0 aliphatic carbocycles. The average molecular weight is 309 g/mol. The van der Waals surface area contributed by atoms with Gasteiger partial charge in [0.05, 0.1) is 12.6 Å². The van der Waals surface area contributed by atoms with Crippen molar-refractivity contribution in [2.75, 3.05) is 5.75 Å². The monoisotopic (exact) mass is 309 g/mol. The predicted molar refractivity (Wildman–Crippen MR) is 61.6 cm³/mol. The number of halogens is 3. The quantitative estimate of drug-likeness (QED) is 0.794. The molecule has 19 heavy (non-hydrogen) atoms. The van der Waals surface area contributed by atoms with Crippen LogP contribution in [-0.2, 0) is 11.2 Å². The van der Waals surface area contributed by atoms with E-state index in [-0.39, 0.29) is 10.1 Å². The molecule has 0 saturated carbocycles. The van der Waals surface area contributed by atoms with Crippen LogP contribution in [0, 0.1) is 0 Å². The maximum Gasteiger partial charge on any atom is 0.302 e. The molecular weight excluding hydrogens is 303 g/mol. The summed E-state index contributed by atoms with van der Waals surface area (Å²) < 4.78 is 52.7. The molecule has 102 valence electrons. The third-order valence-electron chi connectivity index (χ3n) is 1.97. The van der Waals surface area contributed by atoms with E-state index in [1.165, 1.54) is 6.20 Å². The minimum Gasteiger partial charge on any atom is -0.610 e. The van der Waals surface area contributed by atoms with E-state index >= 15 is 0 Å². The first-order valence-electron chi connectivity index (χ1n) is 4.88. The second-order valence-corrected chi connectivity index (χ2v) is 5.99. The van der Waals surface area contributed by atoms with Crippen molar-refractivity contribution in [1.82, 2.24) is 15.1 Å². The molecule has 0 bridgehead atoms. The van der Waals surface area contributed by atoms with Crippen molar-refractivity contribution in [2.45, 2.75) is 10.8 Å². The third-order valence-corrected chi connectivity index (χ3v) is 4.64. The molecule has 2 aromatic rings. The summed E-state index contributed by atoms with van der Waals surface area (Å²) in [6.07, 6.45) is -0.448. The Labute approximate surface area is 112 Å². The lowest BCUT2D eigenvalue weighted by atomic mass is 10.4. The maximum absolute atomic E-state index is 12.6. The number of hydrogen-bond donors (Lipinski definition) is 0. The van der Waals surface area contributed by atoms with Gasteiger partial charge in [0.25, 0.3) is 0 Å². The number of hydrogen-bond acceptors (Lipinski definition) is 6. The largest absolute Gasteiger partial charge is 0.610 e. The standard InChI is InChI=1S/C9H6F3N3O2S2/c10-5(7(11)12)1-2-19(16)9-13-3-6(18-9)8-14-4-17-15-8/h3-4H,1-2H2. The van der Waals surface area contributed by atoms with Gasteiger partial charge in [0.1, 0.15) is 10.6 Å².